The first kappa shape index (κ1) is 17.3. The van der Waals surface area contributed by atoms with E-state index >= 15 is 0 Å². The maximum Gasteiger partial charge on any atom is 0.257 e. The van der Waals surface area contributed by atoms with E-state index in [1.54, 1.807) is 29.1 Å². The minimum Gasteiger partial charge on any atom is -0.399 e. The SMILES string of the molecule is CC(C)c1nn(C)cc1NC(=O)c1ccc(N)cc1Cl.Cl. The fourth-order valence-corrected chi connectivity index (χ4v) is 2.21. The van der Waals surface area contributed by atoms with Gasteiger partial charge in [0.1, 0.15) is 0 Å². The van der Waals surface area contributed by atoms with Crippen molar-refractivity contribution < 1.29 is 4.79 Å². The molecule has 5 nitrogen and oxygen atoms in total. The molecule has 0 atom stereocenters. The van der Waals surface area contributed by atoms with Crippen molar-refractivity contribution >= 4 is 41.3 Å². The van der Waals surface area contributed by atoms with Gasteiger partial charge in [-0.25, -0.2) is 0 Å². The number of amides is 1. The van der Waals surface area contributed by atoms with E-state index in [1.165, 1.54) is 0 Å². The fourth-order valence-electron chi connectivity index (χ4n) is 1.93. The molecule has 1 amide bonds. The first-order chi connectivity index (χ1) is 9.38. The molecule has 1 aromatic heterocycles. The summed E-state index contributed by atoms with van der Waals surface area (Å²) in [5, 5.41) is 7.52. The van der Waals surface area contributed by atoms with Crippen LogP contribution in [0.15, 0.2) is 24.4 Å². The summed E-state index contributed by atoms with van der Waals surface area (Å²) in [5.74, 6) is -0.0571. The van der Waals surface area contributed by atoms with Crippen molar-refractivity contribution in [2.75, 3.05) is 11.1 Å². The number of nitrogens with one attached hydrogen (secondary N) is 1. The third-order valence-electron chi connectivity index (χ3n) is 2.89. The summed E-state index contributed by atoms with van der Waals surface area (Å²) in [4.78, 5) is 12.3. The molecule has 1 aromatic carbocycles. The molecule has 7 heteroatoms. The van der Waals surface area contributed by atoms with Crippen LogP contribution < -0.4 is 11.1 Å². The number of carbonyl (C=O) groups excluding carboxylic acids is 1. The highest BCUT2D eigenvalue weighted by Crippen LogP contribution is 2.24. The molecular formula is C14H18Cl2N4O. The predicted octanol–water partition coefficient (Wildman–Crippen LogP) is 3.45. The summed E-state index contributed by atoms with van der Waals surface area (Å²) in [6.07, 6.45) is 1.78. The minimum absolute atomic E-state index is 0. The topological polar surface area (TPSA) is 72.9 Å². The van der Waals surface area contributed by atoms with Gasteiger partial charge in [-0.2, -0.15) is 5.10 Å². The molecule has 3 N–H and O–H groups in total. The number of rotatable bonds is 3. The molecule has 0 fully saturated rings. The Balaban J connectivity index is 0.00000220. The minimum atomic E-state index is -0.273. The number of nitrogens with two attached hydrogens (primary N) is 1. The van der Waals surface area contributed by atoms with Gasteiger partial charge in [0.25, 0.3) is 5.91 Å². The maximum absolute atomic E-state index is 12.3. The van der Waals surface area contributed by atoms with Crippen LogP contribution in [0.4, 0.5) is 11.4 Å². The molecule has 0 aliphatic rings. The van der Waals surface area contributed by atoms with Crippen LogP contribution in [0.2, 0.25) is 5.02 Å². The van der Waals surface area contributed by atoms with E-state index in [9.17, 15) is 4.79 Å². The molecule has 2 rings (SSSR count). The first-order valence-electron chi connectivity index (χ1n) is 6.28. The second-order valence-corrected chi connectivity index (χ2v) is 5.36. The van der Waals surface area contributed by atoms with Crippen LogP contribution in [0.3, 0.4) is 0 Å². The van der Waals surface area contributed by atoms with Gasteiger partial charge < -0.3 is 11.1 Å². The average molecular weight is 329 g/mol. The zero-order valence-electron chi connectivity index (χ0n) is 12.1. The molecule has 0 radical (unpaired) electrons. The van der Waals surface area contributed by atoms with Gasteiger partial charge in [-0.15, -0.1) is 12.4 Å². The zero-order chi connectivity index (χ0) is 14.9. The number of aryl methyl sites for hydroxylation is 1. The molecule has 0 unspecified atom stereocenters. The van der Waals surface area contributed by atoms with Gasteiger partial charge in [0.2, 0.25) is 0 Å². The third kappa shape index (κ3) is 3.89. The Bertz CT molecular complexity index is 652. The molecule has 21 heavy (non-hydrogen) atoms. The first-order valence-corrected chi connectivity index (χ1v) is 6.66. The number of aromatic nitrogens is 2. The van der Waals surface area contributed by atoms with Crippen molar-refractivity contribution in [1.82, 2.24) is 9.78 Å². The fraction of sp³-hybridized carbons (Fsp3) is 0.286. The molecule has 0 aliphatic heterocycles. The molecule has 114 valence electrons. The number of hydrogen-bond donors (Lipinski definition) is 2. The maximum atomic E-state index is 12.3. The van der Waals surface area contributed by atoms with Gasteiger partial charge in [-0.3, -0.25) is 9.48 Å². The van der Waals surface area contributed by atoms with Crippen LogP contribution >= 0.6 is 24.0 Å². The average Bonchev–Trinajstić information content (AvgIpc) is 2.70. The van der Waals surface area contributed by atoms with E-state index in [0.717, 1.165) is 5.69 Å². The van der Waals surface area contributed by atoms with Crippen molar-refractivity contribution in [3.8, 4) is 0 Å². The highest BCUT2D eigenvalue weighted by Gasteiger charge is 2.16. The lowest BCUT2D eigenvalue weighted by molar-refractivity contribution is 0.102. The van der Waals surface area contributed by atoms with Crippen LogP contribution in [0, 0.1) is 0 Å². The van der Waals surface area contributed by atoms with Gasteiger partial charge in [0, 0.05) is 18.9 Å². The van der Waals surface area contributed by atoms with Crippen LogP contribution in [-0.4, -0.2) is 15.7 Å². The van der Waals surface area contributed by atoms with E-state index in [1.807, 2.05) is 20.9 Å². The smallest absolute Gasteiger partial charge is 0.257 e. The van der Waals surface area contributed by atoms with Crippen molar-refractivity contribution in [2.45, 2.75) is 19.8 Å². The van der Waals surface area contributed by atoms with E-state index in [-0.39, 0.29) is 24.2 Å². The van der Waals surface area contributed by atoms with E-state index < -0.39 is 0 Å². The Kier molecular flexibility index (Phi) is 5.63. The Morgan fingerprint density at radius 3 is 2.67 bits per heavy atom. The Hall–Kier alpha value is -1.72. The summed E-state index contributed by atoms with van der Waals surface area (Å²) in [5.41, 5.74) is 8.07. The number of nitrogens with zero attached hydrogens (tertiary/aromatic N) is 2. The van der Waals surface area contributed by atoms with Gasteiger partial charge in [0.15, 0.2) is 0 Å². The second-order valence-electron chi connectivity index (χ2n) is 4.95. The molecule has 0 saturated carbocycles. The van der Waals surface area contributed by atoms with E-state index in [4.69, 9.17) is 17.3 Å². The summed E-state index contributed by atoms with van der Waals surface area (Å²) in [6, 6.07) is 4.81. The predicted molar refractivity (Wildman–Crippen MR) is 88.4 cm³/mol. The van der Waals surface area contributed by atoms with Crippen LogP contribution in [0.5, 0.6) is 0 Å². The van der Waals surface area contributed by atoms with Crippen LogP contribution in [0.1, 0.15) is 35.8 Å². The summed E-state index contributed by atoms with van der Waals surface area (Å²) in [6.45, 7) is 4.04. The van der Waals surface area contributed by atoms with Crippen molar-refractivity contribution in [3.05, 3.63) is 40.7 Å². The number of anilines is 2. The number of nitrogen functional groups attached to an aromatic ring is 1. The number of carbonyl (C=O) groups is 1. The van der Waals surface area contributed by atoms with Crippen molar-refractivity contribution in [2.24, 2.45) is 7.05 Å². The lowest BCUT2D eigenvalue weighted by Gasteiger charge is -2.08. The molecule has 0 saturated heterocycles. The van der Waals surface area contributed by atoms with Crippen molar-refractivity contribution in [1.29, 1.82) is 0 Å². The molecule has 0 bridgehead atoms. The third-order valence-corrected chi connectivity index (χ3v) is 3.20. The number of benzene rings is 1. The monoisotopic (exact) mass is 328 g/mol. The molecule has 1 heterocycles. The normalized spacial score (nSPS) is 10.3. The lowest BCUT2D eigenvalue weighted by Crippen LogP contribution is -2.13. The quantitative estimate of drug-likeness (QED) is 0.847. The Morgan fingerprint density at radius 1 is 1.43 bits per heavy atom. The van der Waals surface area contributed by atoms with Crippen LogP contribution in [-0.2, 0) is 7.05 Å². The molecular weight excluding hydrogens is 311 g/mol. The largest absolute Gasteiger partial charge is 0.399 e. The lowest BCUT2D eigenvalue weighted by atomic mass is 10.1. The number of halogens is 2. The van der Waals surface area contributed by atoms with Gasteiger partial charge >= 0.3 is 0 Å². The van der Waals surface area contributed by atoms with E-state index in [0.29, 0.717) is 22.0 Å². The zero-order valence-corrected chi connectivity index (χ0v) is 13.6. The summed E-state index contributed by atoms with van der Waals surface area (Å²) < 4.78 is 1.68. The van der Waals surface area contributed by atoms with Crippen LogP contribution in [0.25, 0.3) is 0 Å². The van der Waals surface area contributed by atoms with E-state index in [2.05, 4.69) is 10.4 Å². The molecule has 2 aromatic rings. The summed E-state index contributed by atoms with van der Waals surface area (Å²) >= 11 is 6.04. The molecule has 0 spiro atoms. The standard InChI is InChI=1S/C14H17ClN4O.ClH/c1-8(2)13-12(7-19(3)18-13)17-14(20)10-5-4-9(16)6-11(10)15;/h4-8H,16H2,1-3H3,(H,17,20);1H. The van der Waals surface area contributed by atoms with Gasteiger partial charge in [0.05, 0.1) is 22.0 Å². The Labute approximate surface area is 134 Å². The Morgan fingerprint density at radius 2 is 2.10 bits per heavy atom. The molecule has 0 aliphatic carbocycles. The second kappa shape index (κ2) is 6.83. The summed E-state index contributed by atoms with van der Waals surface area (Å²) in [7, 11) is 1.82. The highest BCUT2D eigenvalue weighted by molar-refractivity contribution is 6.34. The van der Waals surface area contributed by atoms with Gasteiger partial charge in [-0.1, -0.05) is 25.4 Å². The van der Waals surface area contributed by atoms with Crippen molar-refractivity contribution in [3.63, 3.8) is 0 Å². The van der Waals surface area contributed by atoms with Gasteiger partial charge in [-0.05, 0) is 24.1 Å². The number of hydrogen-bond acceptors (Lipinski definition) is 3. The highest BCUT2D eigenvalue weighted by atomic mass is 35.5.